The molecule has 3 unspecified atom stereocenters. The highest BCUT2D eigenvalue weighted by molar-refractivity contribution is 4.97. The second-order valence-corrected chi connectivity index (χ2v) is 6.28. The van der Waals surface area contributed by atoms with Crippen LogP contribution in [0.4, 0.5) is 0 Å². The number of likely N-dealkylation sites (tertiary alicyclic amines) is 1. The van der Waals surface area contributed by atoms with Gasteiger partial charge in [-0.25, -0.2) is 0 Å². The van der Waals surface area contributed by atoms with Crippen molar-refractivity contribution in [2.24, 2.45) is 5.92 Å². The van der Waals surface area contributed by atoms with Crippen LogP contribution in [0.25, 0.3) is 0 Å². The van der Waals surface area contributed by atoms with E-state index in [1.54, 1.807) is 0 Å². The highest BCUT2D eigenvalue weighted by atomic mass is 16.3. The molecule has 2 rings (SSSR count). The fraction of sp³-hybridized carbons (Fsp3) is 1.00. The summed E-state index contributed by atoms with van der Waals surface area (Å²) in [6, 6.07) is 0.696. The van der Waals surface area contributed by atoms with Crippen LogP contribution in [0.15, 0.2) is 0 Å². The van der Waals surface area contributed by atoms with Crippen molar-refractivity contribution in [3.8, 4) is 0 Å². The zero-order chi connectivity index (χ0) is 13.0. The lowest BCUT2D eigenvalue weighted by Crippen LogP contribution is -2.55. The maximum Gasteiger partial charge on any atom is 0.0613 e. The molecule has 1 heterocycles. The molecule has 0 aromatic rings. The summed E-state index contributed by atoms with van der Waals surface area (Å²) >= 11 is 0. The summed E-state index contributed by atoms with van der Waals surface area (Å²) in [5.74, 6) is 0.912. The fourth-order valence-electron chi connectivity index (χ4n) is 3.91. The van der Waals surface area contributed by atoms with Crippen molar-refractivity contribution in [1.29, 1.82) is 0 Å². The average molecular weight is 254 g/mol. The van der Waals surface area contributed by atoms with Crippen LogP contribution in [0.3, 0.4) is 0 Å². The van der Waals surface area contributed by atoms with Gasteiger partial charge in [-0.15, -0.1) is 0 Å². The Morgan fingerprint density at radius 2 is 2.17 bits per heavy atom. The number of nitrogens with zero attached hydrogens (tertiary/aromatic N) is 1. The van der Waals surface area contributed by atoms with E-state index in [1.165, 1.54) is 38.8 Å². The third kappa shape index (κ3) is 3.06. The molecule has 1 saturated carbocycles. The van der Waals surface area contributed by atoms with Gasteiger partial charge in [0.1, 0.15) is 0 Å². The van der Waals surface area contributed by atoms with Crippen molar-refractivity contribution < 1.29 is 5.11 Å². The monoisotopic (exact) mass is 254 g/mol. The molecule has 2 N–H and O–H groups in total. The molecule has 1 aliphatic heterocycles. The van der Waals surface area contributed by atoms with Crippen LogP contribution < -0.4 is 5.32 Å². The van der Waals surface area contributed by atoms with Gasteiger partial charge in [-0.05, 0) is 51.1 Å². The molecule has 106 valence electrons. The Morgan fingerprint density at radius 1 is 1.33 bits per heavy atom. The summed E-state index contributed by atoms with van der Waals surface area (Å²) in [6.07, 6.45) is 7.55. The van der Waals surface area contributed by atoms with Gasteiger partial charge in [0.05, 0.1) is 6.61 Å². The maximum absolute atomic E-state index is 9.75. The van der Waals surface area contributed by atoms with Crippen molar-refractivity contribution in [1.82, 2.24) is 10.2 Å². The molecule has 1 saturated heterocycles. The Bertz CT molecular complexity index is 255. The lowest BCUT2D eigenvalue weighted by molar-refractivity contribution is 0.0685. The standard InChI is InChI=1S/C15H30N2O/c1-3-13-7-9-17(11-13)14-6-5-8-15(10-14,12-18)16-4-2/h13-14,16,18H,3-12H2,1-2H3. The SMILES string of the molecule is CCNC1(CO)CCCC(N2CCC(CC)C2)C1. The topological polar surface area (TPSA) is 35.5 Å². The fourth-order valence-corrected chi connectivity index (χ4v) is 3.91. The van der Waals surface area contributed by atoms with Crippen molar-refractivity contribution in [3.05, 3.63) is 0 Å². The number of nitrogens with one attached hydrogen (secondary N) is 1. The van der Waals surface area contributed by atoms with Gasteiger partial charge >= 0.3 is 0 Å². The maximum atomic E-state index is 9.75. The largest absolute Gasteiger partial charge is 0.394 e. The second kappa shape index (κ2) is 6.36. The van der Waals surface area contributed by atoms with Gasteiger partial charge in [-0.3, -0.25) is 0 Å². The van der Waals surface area contributed by atoms with E-state index >= 15 is 0 Å². The molecule has 3 nitrogen and oxygen atoms in total. The Morgan fingerprint density at radius 3 is 2.78 bits per heavy atom. The van der Waals surface area contributed by atoms with E-state index in [1.807, 2.05) is 0 Å². The van der Waals surface area contributed by atoms with E-state index in [-0.39, 0.29) is 5.54 Å². The first kappa shape index (κ1) is 14.3. The van der Waals surface area contributed by atoms with Crippen molar-refractivity contribution in [2.75, 3.05) is 26.2 Å². The minimum absolute atomic E-state index is 0.00195. The molecular formula is C15H30N2O. The lowest BCUT2D eigenvalue weighted by Gasteiger charge is -2.43. The van der Waals surface area contributed by atoms with Crippen LogP contribution in [-0.4, -0.2) is 47.8 Å². The highest BCUT2D eigenvalue weighted by Gasteiger charge is 2.38. The number of aliphatic hydroxyl groups excluding tert-OH is 1. The molecule has 0 spiro atoms. The van der Waals surface area contributed by atoms with E-state index in [0.29, 0.717) is 12.6 Å². The number of aliphatic hydroxyl groups is 1. The van der Waals surface area contributed by atoms with Crippen molar-refractivity contribution in [3.63, 3.8) is 0 Å². The number of rotatable bonds is 5. The molecule has 0 aromatic carbocycles. The summed E-state index contributed by atoms with van der Waals surface area (Å²) in [6.45, 7) is 8.27. The summed E-state index contributed by atoms with van der Waals surface area (Å²) < 4.78 is 0. The molecule has 0 aromatic heterocycles. The molecule has 0 radical (unpaired) electrons. The van der Waals surface area contributed by atoms with E-state index in [9.17, 15) is 5.11 Å². The molecule has 0 amide bonds. The number of hydrogen-bond donors (Lipinski definition) is 2. The first-order chi connectivity index (χ1) is 8.73. The van der Waals surface area contributed by atoms with E-state index in [4.69, 9.17) is 0 Å². The van der Waals surface area contributed by atoms with Gasteiger partial charge in [0, 0.05) is 18.1 Å². The molecule has 2 fully saturated rings. The van der Waals surface area contributed by atoms with Crippen molar-refractivity contribution >= 4 is 0 Å². The van der Waals surface area contributed by atoms with Crippen molar-refractivity contribution in [2.45, 2.75) is 64.0 Å². The van der Waals surface area contributed by atoms with Gasteiger partial charge in [0.2, 0.25) is 0 Å². The van der Waals surface area contributed by atoms with Crippen LogP contribution >= 0.6 is 0 Å². The summed E-state index contributed by atoms with van der Waals surface area (Å²) in [5.41, 5.74) is 0.00195. The Hall–Kier alpha value is -0.120. The molecule has 3 heteroatoms. The molecular weight excluding hydrogens is 224 g/mol. The lowest BCUT2D eigenvalue weighted by atomic mass is 9.79. The number of hydrogen-bond acceptors (Lipinski definition) is 3. The van der Waals surface area contributed by atoms with Gasteiger partial charge in [-0.2, -0.15) is 0 Å². The first-order valence-corrected chi connectivity index (χ1v) is 7.83. The smallest absolute Gasteiger partial charge is 0.0613 e. The van der Waals surface area contributed by atoms with E-state index in [2.05, 4.69) is 24.1 Å². The Labute approximate surface area is 112 Å². The van der Waals surface area contributed by atoms with Gasteiger partial charge in [-0.1, -0.05) is 20.3 Å². The Kier molecular flexibility index (Phi) is 5.05. The summed E-state index contributed by atoms with van der Waals surface area (Å²) in [7, 11) is 0. The molecule has 0 bridgehead atoms. The van der Waals surface area contributed by atoms with Crippen LogP contribution in [0, 0.1) is 5.92 Å². The normalized spacial score (nSPS) is 38.2. The molecule has 1 aliphatic carbocycles. The zero-order valence-corrected chi connectivity index (χ0v) is 12.1. The average Bonchev–Trinajstić information content (AvgIpc) is 2.88. The second-order valence-electron chi connectivity index (χ2n) is 6.28. The van der Waals surface area contributed by atoms with E-state index < -0.39 is 0 Å². The first-order valence-electron chi connectivity index (χ1n) is 7.83. The van der Waals surface area contributed by atoms with Crippen LogP contribution in [0.2, 0.25) is 0 Å². The third-order valence-corrected chi connectivity index (χ3v) is 5.08. The summed E-state index contributed by atoms with van der Waals surface area (Å²) in [5, 5.41) is 13.3. The minimum Gasteiger partial charge on any atom is -0.394 e. The van der Waals surface area contributed by atoms with Crippen LogP contribution in [0.1, 0.15) is 52.4 Å². The third-order valence-electron chi connectivity index (χ3n) is 5.08. The predicted molar refractivity (Wildman–Crippen MR) is 75.7 cm³/mol. The van der Waals surface area contributed by atoms with Crippen LogP contribution in [0.5, 0.6) is 0 Å². The van der Waals surface area contributed by atoms with E-state index in [0.717, 1.165) is 25.3 Å². The molecule has 2 aliphatic rings. The van der Waals surface area contributed by atoms with Gasteiger partial charge in [0.15, 0.2) is 0 Å². The van der Waals surface area contributed by atoms with Gasteiger partial charge < -0.3 is 15.3 Å². The Balaban J connectivity index is 1.93. The van der Waals surface area contributed by atoms with Crippen LogP contribution in [-0.2, 0) is 0 Å². The zero-order valence-electron chi connectivity index (χ0n) is 12.1. The number of likely N-dealkylation sites (N-methyl/N-ethyl adjacent to an activating group) is 1. The summed E-state index contributed by atoms with van der Waals surface area (Å²) in [4.78, 5) is 2.69. The van der Waals surface area contributed by atoms with Gasteiger partial charge in [0.25, 0.3) is 0 Å². The molecule has 18 heavy (non-hydrogen) atoms. The minimum atomic E-state index is 0.00195. The highest BCUT2D eigenvalue weighted by Crippen LogP contribution is 2.34. The quantitative estimate of drug-likeness (QED) is 0.788. The molecule has 3 atom stereocenters. The predicted octanol–water partition coefficient (Wildman–Crippen LogP) is 2.00.